The maximum atomic E-state index is 12.5. The Labute approximate surface area is 172 Å². The van der Waals surface area contributed by atoms with E-state index in [-0.39, 0.29) is 19.2 Å². The van der Waals surface area contributed by atoms with Crippen molar-refractivity contribution in [1.29, 1.82) is 0 Å². The molecule has 0 aromatic heterocycles. The van der Waals surface area contributed by atoms with Crippen LogP contribution in [-0.2, 0) is 14.8 Å². The summed E-state index contributed by atoms with van der Waals surface area (Å²) in [7, 11) is -2.03. The molecule has 0 bridgehead atoms. The maximum absolute atomic E-state index is 12.5. The SMILES string of the molecule is COc1ccc(OCC(C)NC(=O)CN(c2cc(C)ccc2C)S(C)(=O)=O)cc1. The monoisotopic (exact) mass is 420 g/mol. The van der Waals surface area contributed by atoms with E-state index in [1.165, 1.54) is 0 Å². The fourth-order valence-electron chi connectivity index (χ4n) is 2.75. The van der Waals surface area contributed by atoms with Gasteiger partial charge in [0.1, 0.15) is 24.7 Å². The molecule has 0 aliphatic carbocycles. The lowest BCUT2D eigenvalue weighted by Crippen LogP contribution is -2.45. The Morgan fingerprint density at radius 2 is 1.72 bits per heavy atom. The zero-order chi connectivity index (χ0) is 21.6. The number of sulfonamides is 1. The maximum Gasteiger partial charge on any atom is 0.241 e. The van der Waals surface area contributed by atoms with Gasteiger partial charge in [-0.3, -0.25) is 9.10 Å². The summed E-state index contributed by atoms with van der Waals surface area (Å²) in [6, 6.07) is 12.3. The van der Waals surface area contributed by atoms with Crippen LogP contribution in [0.3, 0.4) is 0 Å². The highest BCUT2D eigenvalue weighted by Gasteiger charge is 2.23. The van der Waals surface area contributed by atoms with Crippen molar-refractivity contribution in [3.63, 3.8) is 0 Å². The van der Waals surface area contributed by atoms with Gasteiger partial charge in [-0.05, 0) is 62.2 Å². The highest BCUT2D eigenvalue weighted by atomic mass is 32.2. The molecule has 2 aromatic rings. The number of amides is 1. The van der Waals surface area contributed by atoms with Gasteiger partial charge in [0.25, 0.3) is 0 Å². The number of anilines is 1. The Bertz CT molecular complexity index is 942. The Kier molecular flexibility index (Phi) is 7.50. The fourth-order valence-corrected chi connectivity index (χ4v) is 3.66. The number of hydrogen-bond donors (Lipinski definition) is 1. The Hall–Kier alpha value is -2.74. The van der Waals surface area contributed by atoms with E-state index < -0.39 is 15.9 Å². The van der Waals surface area contributed by atoms with Gasteiger partial charge in [-0.25, -0.2) is 8.42 Å². The summed E-state index contributed by atoms with van der Waals surface area (Å²) in [5, 5.41) is 2.78. The number of ether oxygens (including phenoxy) is 2. The highest BCUT2D eigenvalue weighted by Crippen LogP contribution is 2.23. The molecule has 1 amide bonds. The molecule has 2 rings (SSSR count). The standard InChI is InChI=1S/C21H28N2O5S/c1-15-6-7-16(2)20(12-15)23(29(5,25)26)13-21(24)22-17(3)14-28-19-10-8-18(27-4)9-11-19/h6-12,17H,13-14H2,1-5H3,(H,22,24). The highest BCUT2D eigenvalue weighted by molar-refractivity contribution is 7.92. The van der Waals surface area contributed by atoms with E-state index in [1.807, 2.05) is 26.0 Å². The van der Waals surface area contributed by atoms with Crippen molar-refractivity contribution in [2.24, 2.45) is 0 Å². The van der Waals surface area contributed by atoms with E-state index in [0.717, 1.165) is 27.4 Å². The van der Waals surface area contributed by atoms with Gasteiger partial charge in [-0.1, -0.05) is 12.1 Å². The van der Waals surface area contributed by atoms with Gasteiger partial charge >= 0.3 is 0 Å². The molecule has 0 heterocycles. The molecular weight excluding hydrogens is 392 g/mol. The zero-order valence-corrected chi connectivity index (χ0v) is 18.2. The number of hydrogen-bond acceptors (Lipinski definition) is 5. The molecule has 7 nitrogen and oxygen atoms in total. The van der Waals surface area contributed by atoms with Crippen LogP contribution in [-0.4, -0.2) is 46.9 Å². The van der Waals surface area contributed by atoms with Crippen LogP contribution >= 0.6 is 0 Å². The molecule has 0 aliphatic rings. The van der Waals surface area contributed by atoms with Crippen molar-refractivity contribution >= 4 is 21.6 Å². The molecule has 1 N–H and O–H groups in total. The number of carbonyl (C=O) groups excluding carboxylic acids is 1. The summed E-state index contributed by atoms with van der Waals surface area (Å²) in [4.78, 5) is 12.5. The van der Waals surface area contributed by atoms with Crippen LogP contribution < -0.4 is 19.1 Å². The van der Waals surface area contributed by atoms with Crippen molar-refractivity contribution in [1.82, 2.24) is 5.32 Å². The van der Waals surface area contributed by atoms with Gasteiger partial charge in [-0.15, -0.1) is 0 Å². The molecule has 0 saturated heterocycles. The summed E-state index contributed by atoms with van der Waals surface area (Å²) >= 11 is 0. The van der Waals surface area contributed by atoms with Crippen LogP contribution in [0.25, 0.3) is 0 Å². The van der Waals surface area contributed by atoms with E-state index in [4.69, 9.17) is 9.47 Å². The third kappa shape index (κ3) is 6.67. The number of rotatable bonds is 9. The summed E-state index contributed by atoms with van der Waals surface area (Å²) < 4.78 is 36.5. The van der Waals surface area contributed by atoms with Crippen LogP contribution in [0.5, 0.6) is 11.5 Å². The van der Waals surface area contributed by atoms with Crippen LogP contribution in [0.15, 0.2) is 42.5 Å². The molecule has 0 saturated carbocycles. The van der Waals surface area contributed by atoms with Gasteiger partial charge in [-0.2, -0.15) is 0 Å². The minimum atomic E-state index is -3.62. The fraction of sp³-hybridized carbons (Fsp3) is 0.381. The first-order valence-corrected chi connectivity index (χ1v) is 11.1. The minimum Gasteiger partial charge on any atom is -0.497 e. The first kappa shape index (κ1) is 22.5. The minimum absolute atomic E-state index is 0.250. The molecule has 1 atom stereocenters. The zero-order valence-electron chi connectivity index (χ0n) is 17.4. The average Bonchev–Trinajstić information content (AvgIpc) is 2.66. The second-order valence-electron chi connectivity index (χ2n) is 7.01. The number of nitrogens with one attached hydrogen (secondary N) is 1. The normalized spacial score (nSPS) is 12.2. The molecule has 0 fully saturated rings. The van der Waals surface area contributed by atoms with Crippen molar-refractivity contribution in [2.75, 3.05) is 30.8 Å². The van der Waals surface area contributed by atoms with Gasteiger partial charge in [0.05, 0.1) is 25.1 Å². The Morgan fingerprint density at radius 1 is 1.10 bits per heavy atom. The van der Waals surface area contributed by atoms with E-state index >= 15 is 0 Å². The van der Waals surface area contributed by atoms with Crippen LogP contribution in [0, 0.1) is 13.8 Å². The van der Waals surface area contributed by atoms with Gasteiger partial charge < -0.3 is 14.8 Å². The predicted molar refractivity (Wildman–Crippen MR) is 114 cm³/mol. The summed E-state index contributed by atoms with van der Waals surface area (Å²) in [6.45, 7) is 5.44. The second kappa shape index (κ2) is 9.65. The number of nitrogens with zero attached hydrogens (tertiary/aromatic N) is 1. The third-order valence-electron chi connectivity index (χ3n) is 4.29. The molecule has 1 unspecified atom stereocenters. The summed E-state index contributed by atoms with van der Waals surface area (Å²) in [6.07, 6.45) is 1.10. The predicted octanol–water partition coefficient (Wildman–Crippen LogP) is 2.66. The first-order chi connectivity index (χ1) is 13.6. The number of methoxy groups -OCH3 is 1. The lowest BCUT2D eigenvalue weighted by Gasteiger charge is -2.25. The first-order valence-electron chi connectivity index (χ1n) is 9.21. The Balaban J connectivity index is 1.99. The van der Waals surface area contributed by atoms with Gasteiger partial charge in [0.2, 0.25) is 15.9 Å². The molecule has 8 heteroatoms. The van der Waals surface area contributed by atoms with Crippen LogP contribution in [0.1, 0.15) is 18.1 Å². The van der Waals surface area contributed by atoms with Crippen LogP contribution in [0.2, 0.25) is 0 Å². The van der Waals surface area contributed by atoms with E-state index in [2.05, 4.69) is 5.32 Å². The molecule has 0 radical (unpaired) electrons. The molecular formula is C21H28N2O5S. The average molecular weight is 421 g/mol. The smallest absolute Gasteiger partial charge is 0.241 e. The van der Waals surface area contributed by atoms with Gasteiger partial charge in [0, 0.05) is 0 Å². The molecule has 158 valence electrons. The van der Waals surface area contributed by atoms with E-state index in [1.54, 1.807) is 44.4 Å². The topological polar surface area (TPSA) is 84.9 Å². The lowest BCUT2D eigenvalue weighted by molar-refractivity contribution is -0.120. The molecule has 0 aliphatic heterocycles. The largest absolute Gasteiger partial charge is 0.497 e. The van der Waals surface area contributed by atoms with Crippen molar-refractivity contribution in [3.05, 3.63) is 53.6 Å². The third-order valence-corrected chi connectivity index (χ3v) is 5.41. The van der Waals surface area contributed by atoms with Crippen molar-refractivity contribution in [3.8, 4) is 11.5 Å². The summed E-state index contributed by atoms with van der Waals surface area (Å²) in [5.41, 5.74) is 2.20. The van der Waals surface area contributed by atoms with Crippen molar-refractivity contribution < 1.29 is 22.7 Å². The molecule has 2 aromatic carbocycles. The molecule has 29 heavy (non-hydrogen) atoms. The lowest BCUT2D eigenvalue weighted by atomic mass is 10.1. The molecule has 0 spiro atoms. The quantitative estimate of drug-likeness (QED) is 0.674. The number of aryl methyl sites for hydroxylation is 2. The second-order valence-corrected chi connectivity index (χ2v) is 8.92. The van der Waals surface area contributed by atoms with Gasteiger partial charge in [0.15, 0.2) is 0 Å². The summed E-state index contributed by atoms with van der Waals surface area (Å²) in [5.74, 6) is 0.980. The van der Waals surface area contributed by atoms with Crippen molar-refractivity contribution in [2.45, 2.75) is 26.8 Å². The van der Waals surface area contributed by atoms with E-state index in [9.17, 15) is 13.2 Å². The number of carbonyl (C=O) groups is 1. The number of benzene rings is 2. The van der Waals surface area contributed by atoms with Crippen LogP contribution in [0.4, 0.5) is 5.69 Å². The Morgan fingerprint density at radius 3 is 2.31 bits per heavy atom. The van der Waals surface area contributed by atoms with E-state index in [0.29, 0.717) is 11.4 Å².